The van der Waals surface area contributed by atoms with Crippen LogP contribution in [0.25, 0.3) is 0 Å². The van der Waals surface area contributed by atoms with Gasteiger partial charge in [0.2, 0.25) is 0 Å². The predicted molar refractivity (Wildman–Crippen MR) is 100 cm³/mol. The number of carbonyl (C=O) groups is 3. The Hall–Kier alpha value is -2.37. The van der Waals surface area contributed by atoms with Crippen LogP contribution in [-0.2, 0) is 14.3 Å². The molecule has 1 heterocycles. The van der Waals surface area contributed by atoms with Crippen LogP contribution in [0.4, 0.5) is 5.69 Å². The molecule has 2 rings (SSSR count). The molecule has 1 amide bonds. The highest BCUT2D eigenvalue weighted by Crippen LogP contribution is 2.20. The van der Waals surface area contributed by atoms with Crippen LogP contribution in [0.5, 0.6) is 0 Å². The van der Waals surface area contributed by atoms with Crippen molar-refractivity contribution >= 4 is 23.3 Å². The van der Waals surface area contributed by atoms with E-state index >= 15 is 0 Å². The molecule has 0 unspecified atom stereocenters. The summed E-state index contributed by atoms with van der Waals surface area (Å²) >= 11 is 0. The first-order valence-electron chi connectivity index (χ1n) is 9.36. The van der Waals surface area contributed by atoms with Crippen molar-refractivity contribution in [3.05, 3.63) is 29.8 Å². The third-order valence-electron chi connectivity index (χ3n) is 4.49. The number of hydrogen-bond acceptors (Lipinski definition) is 5. The first-order valence-corrected chi connectivity index (χ1v) is 9.36. The van der Waals surface area contributed by atoms with E-state index in [-0.39, 0.29) is 18.4 Å². The molecule has 6 heteroatoms. The van der Waals surface area contributed by atoms with Crippen molar-refractivity contribution < 1.29 is 19.1 Å². The minimum Gasteiger partial charge on any atom is -0.465 e. The molecule has 1 aromatic carbocycles. The lowest BCUT2D eigenvalue weighted by molar-refractivity contribution is -0.143. The zero-order chi connectivity index (χ0) is 18.9. The number of anilines is 1. The minimum absolute atomic E-state index is 0.0251. The highest BCUT2D eigenvalue weighted by molar-refractivity contribution is 5.96. The van der Waals surface area contributed by atoms with Crippen molar-refractivity contribution in [1.82, 2.24) is 4.90 Å². The van der Waals surface area contributed by atoms with Crippen LogP contribution in [0, 0.1) is 0 Å². The number of amides is 1. The van der Waals surface area contributed by atoms with Gasteiger partial charge in [-0.2, -0.15) is 0 Å². The summed E-state index contributed by atoms with van der Waals surface area (Å²) in [6.45, 7) is 6.05. The summed E-state index contributed by atoms with van der Waals surface area (Å²) in [5, 5.41) is 0. The average Bonchev–Trinajstić information content (AvgIpc) is 2.65. The molecule has 1 aliphatic heterocycles. The van der Waals surface area contributed by atoms with Crippen molar-refractivity contribution in [1.29, 1.82) is 0 Å². The smallest absolute Gasteiger partial charge is 0.325 e. The molecule has 6 nitrogen and oxygen atoms in total. The number of benzene rings is 1. The number of ketones is 1. The second-order valence-corrected chi connectivity index (χ2v) is 6.46. The maximum atomic E-state index is 12.8. The zero-order valence-corrected chi connectivity index (χ0v) is 15.7. The Bertz CT molecular complexity index is 617. The molecule has 26 heavy (non-hydrogen) atoms. The van der Waals surface area contributed by atoms with Crippen LogP contribution in [0.3, 0.4) is 0 Å². The molecule has 0 atom stereocenters. The van der Waals surface area contributed by atoms with E-state index in [9.17, 15) is 14.4 Å². The number of ether oxygens (including phenoxy) is 1. The maximum Gasteiger partial charge on any atom is 0.325 e. The van der Waals surface area contributed by atoms with Crippen LogP contribution in [-0.4, -0.2) is 55.3 Å². The highest BCUT2D eigenvalue weighted by Gasteiger charge is 2.20. The number of Topliss-reactive ketones (excluding diaryl/α,β-unsaturated/α-hetero) is 1. The quantitative estimate of drug-likeness (QED) is 0.667. The number of nitrogens with zero attached hydrogens (tertiary/aromatic N) is 2. The summed E-state index contributed by atoms with van der Waals surface area (Å²) in [5.74, 6) is -0.239. The lowest BCUT2D eigenvalue weighted by Gasteiger charge is -2.28. The summed E-state index contributed by atoms with van der Waals surface area (Å²) in [6, 6.07) is 7.40. The molecular weight excluding hydrogens is 332 g/mol. The number of unbranched alkanes of at least 4 members (excludes halogenated alkanes) is 1. The Morgan fingerprint density at radius 2 is 1.77 bits per heavy atom. The summed E-state index contributed by atoms with van der Waals surface area (Å²) in [5.41, 5.74) is 1.57. The van der Waals surface area contributed by atoms with Gasteiger partial charge in [-0.3, -0.25) is 14.4 Å². The molecule has 0 bridgehead atoms. The fourth-order valence-corrected chi connectivity index (χ4v) is 2.98. The Labute approximate surface area is 155 Å². The van der Waals surface area contributed by atoms with Gasteiger partial charge in [0, 0.05) is 43.7 Å². The number of hydrogen-bond donors (Lipinski definition) is 0. The number of rotatable bonds is 8. The molecule has 1 fully saturated rings. The lowest BCUT2D eigenvalue weighted by Crippen LogP contribution is -2.37. The predicted octanol–water partition coefficient (Wildman–Crippen LogP) is 2.66. The van der Waals surface area contributed by atoms with Crippen molar-refractivity contribution in [3.63, 3.8) is 0 Å². The van der Waals surface area contributed by atoms with E-state index in [1.807, 2.05) is 19.1 Å². The van der Waals surface area contributed by atoms with E-state index in [1.54, 1.807) is 24.0 Å². The van der Waals surface area contributed by atoms with Gasteiger partial charge in [0.15, 0.2) is 0 Å². The Balaban J connectivity index is 2.04. The van der Waals surface area contributed by atoms with Gasteiger partial charge >= 0.3 is 5.97 Å². The van der Waals surface area contributed by atoms with Gasteiger partial charge in [-0.25, -0.2) is 0 Å². The lowest BCUT2D eigenvalue weighted by atomic mass is 10.1. The Morgan fingerprint density at radius 3 is 2.35 bits per heavy atom. The monoisotopic (exact) mass is 360 g/mol. The van der Waals surface area contributed by atoms with Gasteiger partial charge in [-0.15, -0.1) is 0 Å². The molecule has 0 aliphatic carbocycles. The van der Waals surface area contributed by atoms with E-state index in [2.05, 4.69) is 4.90 Å². The fourth-order valence-electron chi connectivity index (χ4n) is 2.98. The van der Waals surface area contributed by atoms with Crippen LogP contribution >= 0.6 is 0 Å². The largest absolute Gasteiger partial charge is 0.465 e. The van der Waals surface area contributed by atoms with Gasteiger partial charge in [-0.05, 0) is 37.6 Å². The van der Waals surface area contributed by atoms with Crippen molar-refractivity contribution in [2.24, 2.45) is 0 Å². The molecule has 0 radical (unpaired) electrons. The maximum absolute atomic E-state index is 12.8. The molecule has 0 saturated carbocycles. The van der Waals surface area contributed by atoms with E-state index < -0.39 is 0 Å². The number of piperidine rings is 1. The van der Waals surface area contributed by atoms with Crippen LogP contribution in [0.15, 0.2) is 24.3 Å². The Morgan fingerprint density at radius 1 is 1.12 bits per heavy atom. The second-order valence-electron chi connectivity index (χ2n) is 6.46. The van der Waals surface area contributed by atoms with Gasteiger partial charge in [0.25, 0.3) is 5.91 Å². The molecular formula is C20H28N2O4. The van der Waals surface area contributed by atoms with Crippen LogP contribution < -0.4 is 4.90 Å². The van der Waals surface area contributed by atoms with Gasteiger partial charge in [0.1, 0.15) is 12.3 Å². The third-order valence-corrected chi connectivity index (χ3v) is 4.49. The fraction of sp³-hybridized carbons (Fsp3) is 0.550. The molecule has 0 N–H and O–H groups in total. The first-order chi connectivity index (χ1) is 12.5. The van der Waals surface area contributed by atoms with E-state index in [0.29, 0.717) is 37.3 Å². The molecule has 1 saturated heterocycles. The summed E-state index contributed by atoms with van der Waals surface area (Å²) in [4.78, 5) is 39.6. The van der Waals surface area contributed by atoms with Crippen molar-refractivity contribution in [2.45, 2.75) is 39.5 Å². The third kappa shape index (κ3) is 5.58. The van der Waals surface area contributed by atoms with E-state index in [0.717, 1.165) is 31.6 Å². The molecule has 1 aliphatic rings. The first kappa shape index (κ1) is 19.9. The second kappa shape index (κ2) is 9.94. The summed E-state index contributed by atoms with van der Waals surface area (Å²) in [7, 11) is 0. The summed E-state index contributed by atoms with van der Waals surface area (Å²) in [6.07, 6.45) is 2.93. The molecule has 0 aromatic heterocycles. The average molecular weight is 360 g/mol. The standard InChI is InChI=1S/C20H28N2O4/c1-3-5-12-22(15-19(24)26-4-2)20(25)16-6-8-17(9-7-16)21-13-10-18(23)11-14-21/h6-9H,3-5,10-15H2,1-2H3. The molecule has 0 spiro atoms. The van der Waals surface area contributed by atoms with Gasteiger partial charge in [0.05, 0.1) is 6.61 Å². The van der Waals surface area contributed by atoms with E-state index in [1.165, 1.54) is 0 Å². The zero-order valence-electron chi connectivity index (χ0n) is 15.7. The number of esters is 1. The minimum atomic E-state index is -0.383. The molecule has 1 aromatic rings. The SMILES string of the molecule is CCCCN(CC(=O)OCC)C(=O)c1ccc(N2CCC(=O)CC2)cc1. The number of carbonyl (C=O) groups excluding carboxylic acids is 3. The van der Waals surface area contributed by atoms with Gasteiger partial charge in [-0.1, -0.05) is 13.3 Å². The van der Waals surface area contributed by atoms with Crippen molar-refractivity contribution in [3.8, 4) is 0 Å². The van der Waals surface area contributed by atoms with Gasteiger partial charge < -0.3 is 14.5 Å². The topological polar surface area (TPSA) is 66.9 Å². The summed E-state index contributed by atoms with van der Waals surface area (Å²) < 4.78 is 4.98. The van der Waals surface area contributed by atoms with Crippen LogP contribution in [0.1, 0.15) is 49.9 Å². The van der Waals surface area contributed by atoms with Crippen molar-refractivity contribution in [2.75, 3.05) is 37.7 Å². The van der Waals surface area contributed by atoms with Crippen LogP contribution in [0.2, 0.25) is 0 Å². The normalized spacial score (nSPS) is 14.2. The van der Waals surface area contributed by atoms with E-state index in [4.69, 9.17) is 4.74 Å². The molecule has 142 valence electrons. The highest BCUT2D eigenvalue weighted by atomic mass is 16.5. The Kier molecular flexibility index (Phi) is 7.63.